The van der Waals surface area contributed by atoms with E-state index in [1.165, 1.54) is 40.8 Å². The number of nitrogens with two attached hydrogens (primary N) is 4. The molecule has 1 aliphatic rings. The number of nitro benzene ring substituents is 2. The first-order valence-electron chi connectivity index (χ1n) is 18.4. The van der Waals surface area contributed by atoms with Gasteiger partial charge in [-0.3, -0.25) is 92.9 Å². The topological polar surface area (TPSA) is 209 Å². The molecule has 8 N–H and O–H groups in total. The first-order valence-corrected chi connectivity index (χ1v) is 30.5. The van der Waals surface area contributed by atoms with E-state index >= 15 is 0 Å². The standard InChI is InChI=1S/C10H14BFO2S.C10H7FN2O2S.C10H9FN2S.C6H5BrN2O2.C2H5I.CI3.CHI2.CH2I.3V/c1-9(2)10(3,4)14-11(13-9)7-5-6-8(12)15-7;11-9-5-4-8(16-9)6-2-1-3-7(10(6)12)13(14)15;11-9-5-4-8(14-9)6-2-1-3-7(12)10(6)13;7-4-2-1-3-5(6(4)8)9(10)11;1-2-3;2-1(3)4;2-1-3;1-2;;;/h5-6H,1-4H3;1-5H,12H2;1-5H,12-13H2;1-3H,8H2;2H2,1H3;;1H;1H2;;;/q;;;;;3*-1;;;. The van der Waals surface area contributed by atoms with Crippen LogP contribution in [0.25, 0.3) is 20.9 Å². The summed E-state index contributed by atoms with van der Waals surface area (Å²) in [6, 6.07) is 23.5. The molecule has 6 aromatic rings. The van der Waals surface area contributed by atoms with Gasteiger partial charge in [-0.25, -0.2) is 2.43 Å². The van der Waals surface area contributed by atoms with Gasteiger partial charge in [0.05, 0.1) is 32.4 Å². The van der Waals surface area contributed by atoms with Crippen LogP contribution in [-0.4, -0.2) is 32.6 Å². The molecule has 1 aliphatic heterocycles. The van der Waals surface area contributed by atoms with Crippen LogP contribution in [0.1, 0.15) is 34.6 Å². The summed E-state index contributed by atoms with van der Waals surface area (Å²) in [7, 11) is -0.440. The molecular weight excluding hydrogens is 1960 g/mol. The van der Waals surface area contributed by atoms with Crippen molar-refractivity contribution in [3.8, 4) is 20.9 Å². The van der Waals surface area contributed by atoms with E-state index in [1.54, 1.807) is 48.5 Å². The second-order valence-corrected chi connectivity index (χ2v) is 31.8. The van der Waals surface area contributed by atoms with Crippen molar-refractivity contribution in [3.63, 3.8) is 0 Å². The normalized spacial score (nSPS) is 11.9. The maximum absolute atomic E-state index is 12.9. The Morgan fingerprint density at radius 2 is 1.01 bits per heavy atom. The van der Waals surface area contributed by atoms with E-state index in [-0.39, 0.29) is 105 Å². The summed E-state index contributed by atoms with van der Waals surface area (Å²) in [6.07, 6.45) is 0. The van der Waals surface area contributed by atoms with Gasteiger partial charge in [0.15, 0.2) is 15.4 Å². The monoisotopic (exact) mass is 2000 g/mol. The fourth-order valence-electron chi connectivity index (χ4n) is 4.74. The minimum Gasteiger partial charge on any atom is -0.399 e. The van der Waals surface area contributed by atoms with Crippen LogP contribution in [0.2, 0.25) is 0 Å². The van der Waals surface area contributed by atoms with Crippen LogP contribution in [0.5, 0.6) is 0 Å². The van der Waals surface area contributed by atoms with Crippen LogP contribution in [0, 0.1) is 42.9 Å². The molecule has 0 unspecified atom stereocenters. The molecule has 7 rings (SSSR count). The van der Waals surface area contributed by atoms with Crippen LogP contribution >= 0.6 is 208 Å². The Morgan fingerprint density at radius 1 is 0.676 bits per heavy atom. The number of nitrogen functional groups attached to an aromatic ring is 4. The SMILES string of the molecule is CC1(C)OB(c2ccc(F)s2)OC1(C)C.CCI.I[C-](I)I.I[CH-]I.Nc1c(-c2ccc(F)s2)cccc1[N+](=O)[O-].Nc1c(Br)cccc1[N+](=O)[O-].Nc1cccc(-c2ccc(F)s2)c1N.[CH2-]I.[V].[V].[V]. The van der Waals surface area contributed by atoms with Gasteiger partial charge in [-0.05, 0) is 96.6 Å². The number of nitro groups is 2. The molecule has 0 bridgehead atoms. The molecule has 1 fully saturated rings. The van der Waals surface area contributed by atoms with E-state index < -0.39 is 17.0 Å². The largest absolute Gasteiger partial charge is 0.505 e. The van der Waals surface area contributed by atoms with Crippen LogP contribution in [0.4, 0.5) is 47.3 Å². The number of anilines is 4. The summed E-state index contributed by atoms with van der Waals surface area (Å²) in [4.78, 5) is 24.5. The molecule has 4 heterocycles. The van der Waals surface area contributed by atoms with Crippen molar-refractivity contribution in [2.75, 3.05) is 27.4 Å². The molecule has 0 amide bonds. The van der Waals surface area contributed by atoms with Gasteiger partial charge < -0.3 is 100 Å². The van der Waals surface area contributed by atoms with Crippen molar-refractivity contribution in [1.82, 2.24) is 0 Å². The summed E-state index contributed by atoms with van der Waals surface area (Å²) < 4.78 is 55.9. The Balaban J connectivity index is -0.000000388. The fourth-order valence-corrected chi connectivity index (χ4v) is 7.33. The predicted octanol–water partition coefficient (Wildman–Crippen LogP) is 17.2. The van der Waals surface area contributed by atoms with Crippen LogP contribution in [-0.2, 0) is 65.0 Å². The van der Waals surface area contributed by atoms with Gasteiger partial charge in [0.1, 0.15) is 11.4 Å². The summed E-state index contributed by atoms with van der Waals surface area (Å²) in [5.41, 5.74) is 24.1. The number of hydrogen-bond donors (Lipinski definition) is 4. The number of halogens is 11. The Kier molecular flexibility index (Phi) is 46.8. The Hall–Kier alpha value is 1.88. The van der Waals surface area contributed by atoms with Crippen molar-refractivity contribution in [2.45, 2.75) is 45.8 Å². The molecule has 3 radical (unpaired) electrons. The predicted molar refractivity (Wildman–Crippen MR) is 346 cm³/mol. The number of nitrogens with zero attached hydrogens (tertiary/aromatic N) is 2. The third-order valence-electron chi connectivity index (χ3n) is 8.40. The zero-order valence-corrected chi connectivity index (χ0v) is 60.9. The maximum atomic E-state index is 12.9. The summed E-state index contributed by atoms with van der Waals surface area (Å²) in [6.45, 7) is 10.0. The van der Waals surface area contributed by atoms with Gasteiger partial charge in [0.25, 0.3) is 11.4 Å². The number of rotatable bonds is 5. The number of hydrogen-bond acceptors (Lipinski definition) is 13. The minimum absolute atomic E-state index is 0. The van der Waals surface area contributed by atoms with Crippen molar-refractivity contribution in [3.05, 3.63) is 138 Å². The Morgan fingerprint density at radius 3 is 1.35 bits per heavy atom. The Bertz CT molecular complexity index is 2460. The van der Waals surface area contributed by atoms with Crippen molar-refractivity contribution >= 4 is 254 Å². The van der Waals surface area contributed by atoms with E-state index in [4.69, 9.17) is 32.2 Å². The fraction of sp³-hybridized carbons (Fsp3) is 0.195. The first-order chi connectivity index (χ1) is 31.8. The third kappa shape index (κ3) is 29.1. The number of alkyl halides is 1. The molecule has 3 aromatic carbocycles. The molecule has 389 valence electrons. The van der Waals surface area contributed by atoms with E-state index in [0.717, 1.165) is 49.2 Å². The molecule has 12 nitrogen and oxygen atoms in total. The van der Waals surface area contributed by atoms with Crippen LogP contribution in [0.3, 0.4) is 0 Å². The van der Waals surface area contributed by atoms with E-state index in [0.29, 0.717) is 26.3 Å². The second kappa shape index (κ2) is 41.9. The molecule has 0 saturated carbocycles. The second-order valence-electron chi connectivity index (χ2n) is 13.2. The summed E-state index contributed by atoms with van der Waals surface area (Å²) >= 11 is 21.3. The summed E-state index contributed by atoms with van der Waals surface area (Å²) in [5, 5.41) is 20.2. The average Bonchev–Trinajstić information content (AvgIpc) is 4.05. The van der Waals surface area contributed by atoms with E-state index in [9.17, 15) is 33.4 Å². The van der Waals surface area contributed by atoms with Crippen LogP contribution in [0.15, 0.2) is 95.5 Å². The molecular formula is C41H43BBrF3I7N6O6S3V3-3. The van der Waals surface area contributed by atoms with Gasteiger partial charge in [-0.2, -0.15) is 13.2 Å². The number of thiophene rings is 3. The van der Waals surface area contributed by atoms with Gasteiger partial charge in [0, 0.05) is 97.9 Å². The molecule has 0 aliphatic carbocycles. The van der Waals surface area contributed by atoms with E-state index in [2.05, 4.69) is 163 Å². The van der Waals surface area contributed by atoms with Crippen LogP contribution < -0.4 is 27.7 Å². The maximum Gasteiger partial charge on any atom is 0.505 e. The number of para-hydroxylation sites is 3. The minimum atomic E-state index is -0.553. The molecule has 3 aromatic heterocycles. The van der Waals surface area contributed by atoms with Crippen molar-refractivity contribution in [1.29, 1.82) is 0 Å². The number of benzene rings is 3. The van der Waals surface area contributed by atoms with Gasteiger partial charge in [-0.15, -0.1) is 33.9 Å². The molecule has 30 heteroatoms. The third-order valence-corrected chi connectivity index (χ3v) is 11.8. The first kappa shape index (κ1) is 79.4. The average molecular weight is 2000 g/mol. The quantitative estimate of drug-likeness (QED) is 0.0244. The van der Waals surface area contributed by atoms with Gasteiger partial charge in [0.2, 0.25) is 0 Å². The smallest absolute Gasteiger partial charge is 0.399 e. The van der Waals surface area contributed by atoms with Gasteiger partial charge >= 0.3 is 7.12 Å². The zero-order chi connectivity index (χ0) is 52.5. The summed E-state index contributed by atoms with van der Waals surface area (Å²) in [5.74, 6) is 0. The Labute approximate surface area is 565 Å². The molecule has 0 spiro atoms. The van der Waals surface area contributed by atoms with E-state index in [1.807, 2.05) is 58.8 Å². The molecule has 1 saturated heterocycles. The van der Waals surface area contributed by atoms with Gasteiger partial charge in [-0.1, -0.05) is 59.8 Å². The van der Waals surface area contributed by atoms with Crippen molar-refractivity contribution in [2.24, 2.45) is 0 Å². The van der Waals surface area contributed by atoms with Crippen molar-refractivity contribution < 1.29 is 88.0 Å². The zero-order valence-electron chi connectivity index (χ0n) is 37.6. The molecule has 71 heavy (non-hydrogen) atoms. The molecule has 0 atom stereocenters.